The molecule has 6 heteroatoms. The maximum atomic E-state index is 12.9. The third kappa shape index (κ3) is 4.48. The van der Waals surface area contributed by atoms with Gasteiger partial charge >= 0.3 is 0 Å². The number of rotatable bonds is 6. The van der Waals surface area contributed by atoms with Crippen LogP contribution in [0.3, 0.4) is 0 Å². The van der Waals surface area contributed by atoms with Crippen LogP contribution in [0.25, 0.3) is 10.9 Å². The van der Waals surface area contributed by atoms with Crippen molar-refractivity contribution in [2.24, 2.45) is 5.92 Å². The number of carbonyl (C=O) groups excluding carboxylic acids is 2. The van der Waals surface area contributed by atoms with Crippen molar-refractivity contribution in [3.8, 4) is 5.75 Å². The van der Waals surface area contributed by atoms with E-state index < -0.39 is 0 Å². The molecule has 0 bridgehead atoms. The first-order valence-corrected chi connectivity index (χ1v) is 10.4. The van der Waals surface area contributed by atoms with Crippen molar-refractivity contribution in [1.29, 1.82) is 0 Å². The fourth-order valence-electron chi connectivity index (χ4n) is 4.05. The lowest BCUT2D eigenvalue weighted by Gasteiger charge is -2.32. The van der Waals surface area contributed by atoms with E-state index in [-0.39, 0.29) is 17.7 Å². The van der Waals surface area contributed by atoms with E-state index in [2.05, 4.69) is 10.3 Å². The number of aromatic nitrogens is 1. The second-order valence-corrected chi connectivity index (χ2v) is 7.78. The fourth-order valence-corrected chi connectivity index (χ4v) is 4.05. The number of nitrogens with one attached hydrogen (secondary N) is 2. The van der Waals surface area contributed by atoms with Crippen LogP contribution in [-0.2, 0) is 22.6 Å². The van der Waals surface area contributed by atoms with E-state index in [4.69, 9.17) is 4.74 Å². The average Bonchev–Trinajstić information content (AvgIpc) is 3.20. The predicted octanol–water partition coefficient (Wildman–Crippen LogP) is 3.27. The first-order chi connectivity index (χ1) is 14.6. The largest absolute Gasteiger partial charge is 0.497 e. The number of H-pyrrole nitrogens is 1. The molecule has 3 aromatic rings. The Labute approximate surface area is 176 Å². The summed E-state index contributed by atoms with van der Waals surface area (Å²) < 4.78 is 5.16. The molecule has 0 saturated carbocycles. The Morgan fingerprint density at radius 2 is 1.97 bits per heavy atom. The maximum Gasteiger partial charge on any atom is 0.227 e. The van der Waals surface area contributed by atoms with E-state index in [1.807, 2.05) is 59.6 Å². The highest BCUT2D eigenvalue weighted by atomic mass is 16.5. The van der Waals surface area contributed by atoms with Crippen molar-refractivity contribution in [2.45, 2.75) is 25.8 Å². The number of fused-ring (bicyclic) bond motifs is 1. The first-order valence-electron chi connectivity index (χ1n) is 10.4. The van der Waals surface area contributed by atoms with Crippen LogP contribution in [0.4, 0.5) is 0 Å². The molecule has 0 aliphatic carbocycles. The smallest absolute Gasteiger partial charge is 0.227 e. The monoisotopic (exact) mass is 405 g/mol. The summed E-state index contributed by atoms with van der Waals surface area (Å²) in [5, 5.41) is 4.09. The van der Waals surface area contributed by atoms with Gasteiger partial charge in [-0.25, -0.2) is 0 Å². The van der Waals surface area contributed by atoms with Crippen molar-refractivity contribution in [2.75, 3.05) is 20.2 Å². The number of piperidine rings is 1. The molecule has 4 rings (SSSR count). The van der Waals surface area contributed by atoms with Crippen LogP contribution < -0.4 is 10.1 Å². The number of benzene rings is 2. The Morgan fingerprint density at radius 3 is 2.77 bits per heavy atom. The summed E-state index contributed by atoms with van der Waals surface area (Å²) in [6.45, 7) is 1.67. The molecule has 1 aromatic heterocycles. The highest BCUT2D eigenvalue weighted by molar-refractivity contribution is 5.89. The number of hydrogen-bond acceptors (Lipinski definition) is 3. The molecule has 156 valence electrons. The van der Waals surface area contributed by atoms with Gasteiger partial charge in [-0.3, -0.25) is 9.59 Å². The van der Waals surface area contributed by atoms with Gasteiger partial charge in [0.05, 0.1) is 19.4 Å². The number of amides is 2. The van der Waals surface area contributed by atoms with Crippen molar-refractivity contribution >= 4 is 22.7 Å². The highest BCUT2D eigenvalue weighted by Gasteiger charge is 2.28. The van der Waals surface area contributed by atoms with Crippen LogP contribution in [0, 0.1) is 5.92 Å². The topological polar surface area (TPSA) is 74.4 Å². The highest BCUT2D eigenvalue weighted by Crippen LogP contribution is 2.22. The zero-order chi connectivity index (χ0) is 20.9. The van der Waals surface area contributed by atoms with E-state index in [9.17, 15) is 9.59 Å². The van der Waals surface area contributed by atoms with Crippen molar-refractivity contribution in [1.82, 2.24) is 15.2 Å². The van der Waals surface area contributed by atoms with Crippen LogP contribution in [0.5, 0.6) is 5.75 Å². The number of aromatic amines is 1. The molecule has 1 aliphatic rings. The SMILES string of the molecule is COc1ccc(CNC(=O)[C@@H]2CCCN(C(=O)Cc3c[nH]c4ccccc34)C2)cc1. The quantitative estimate of drug-likeness (QED) is 0.661. The molecule has 2 N–H and O–H groups in total. The molecule has 1 saturated heterocycles. The number of likely N-dealkylation sites (tertiary alicyclic amines) is 1. The molecule has 0 radical (unpaired) electrons. The number of carbonyl (C=O) groups is 2. The maximum absolute atomic E-state index is 12.9. The molecule has 2 heterocycles. The van der Waals surface area contributed by atoms with E-state index >= 15 is 0 Å². The molecule has 0 spiro atoms. The van der Waals surface area contributed by atoms with Crippen LogP contribution in [-0.4, -0.2) is 41.9 Å². The fraction of sp³-hybridized carbons (Fsp3) is 0.333. The summed E-state index contributed by atoms with van der Waals surface area (Å²) in [7, 11) is 1.63. The second-order valence-electron chi connectivity index (χ2n) is 7.78. The lowest BCUT2D eigenvalue weighted by Crippen LogP contribution is -2.45. The standard InChI is InChI=1S/C24H27N3O3/c1-30-20-10-8-17(9-11-20)14-26-24(29)18-5-4-12-27(16-18)23(28)13-19-15-25-22-7-3-2-6-21(19)22/h2-3,6-11,15,18,25H,4-5,12-14,16H2,1H3,(H,26,29)/t18-/m1/s1. The Balaban J connectivity index is 1.32. The molecule has 2 amide bonds. The van der Waals surface area contributed by atoms with Crippen molar-refractivity contribution < 1.29 is 14.3 Å². The zero-order valence-corrected chi connectivity index (χ0v) is 17.2. The van der Waals surface area contributed by atoms with Crippen LogP contribution >= 0.6 is 0 Å². The molecule has 1 atom stereocenters. The van der Waals surface area contributed by atoms with Gasteiger partial charge in [-0.1, -0.05) is 30.3 Å². The van der Waals surface area contributed by atoms with Crippen LogP contribution in [0.2, 0.25) is 0 Å². The summed E-state index contributed by atoms with van der Waals surface area (Å²) in [5.41, 5.74) is 3.06. The van der Waals surface area contributed by atoms with Gasteiger partial charge in [-0.15, -0.1) is 0 Å². The minimum Gasteiger partial charge on any atom is -0.497 e. The Bertz CT molecular complexity index is 1030. The molecular formula is C24H27N3O3. The molecule has 30 heavy (non-hydrogen) atoms. The normalized spacial score (nSPS) is 16.4. The number of hydrogen-bond donors (Lipinski definition) is 2. The van der Waals surface area contributed by atoms with Gasteiger partial charge < -0.3 is 19.9 Å². The summed E-state index contributed by atoms with van der Waals surface area (Å²) >= 11 is 0. The summed E-state index contributed by atoms with van der Waals surface area (Å²) in [4.78, 5) is 30.6. The molecule has 6 nitrogen and oxygen atoms in total. The molecule has 2 aromatic carbocycles. The van der Waals surface area contributed by atoms with Crippen LogP contribution in [0.15, 0.2) is 54.7 Å². The zero-order valence-electron chi connectivity index (χ0n) is 17.2. The van der Waals surface area contributed by atoms with E-state index in [1.54, 1.807) is 7.11 Å². The third-order valence-electron chi connectivity index (χ3n) is 5.79. The number of ether oxygens (including phenoxy) is 1. The lowest BCUT2D eigenvalue weighted by atomic mass is 9.96. The van der Waals surface area contributed by atoms with E-state index in [0.717, 1.165) is 40.6 Å². The predicted molar refractivity (Wildman–Crippen MR) is 116 cm³/mol. The summed E-state index contributed by atoms with van der Waals surface area (Å²) in [5.74, 6) is 0.716. The molecule has 1 fully saturated rings. The average molecular weight is 405 g/mol. The lowest BCUT2D eigenvalue weighted by molar-refractivity contribution is -0.135. The Hall–Kier alpha value is -3.28. The summed E-state index contributed by atoms with van der Waals surface area (Å²) in [6, 6.07) is 15.6. The van der Waals surface area contributed by atoms with Crippen molar-refractivity contribution in [3.63, 3.8) is 0 Å². The van der Waals surface area contributed by atoms with Gasteiger partial charge in [0.15, 0.2) is 0 Å². The van der Waals surface area contributed by atoms with Gasteiger partial charge in [0.2, 0.25) is 11.8 Å². The van der Waals surface area contributed by atoms with Crippen molar-refractivity contribution in [3.05, 3.63) is 65.9 Å². The Kier molecular flexibility index (Phi) is 6.02. The number of nitrogens with zero attached hydrogens (tertiary/aromatic N) is 1. The Morgan fingerprint density at radius 1 is 1.17 bits per heavy atom. The molecular weight excluding hydrogens is 378 g/mol. The minimum atomic E-state index is -0.163. The van der Waals surface area contributed by atoms with Gasteiger partial charge in [0, 0.05) is 36.7 Å². The van der Waals surface area contributed by atoms with Gasteiger partial charge in [0.25, 0.3) is 0 Å². The van der Waals surface area contributed by atoms with Gasteiger partial charge in [-0.05, 0) is 42.2 Å². The molecule has 1 aliphatic heterocycles. The summed E-state index contributed by atoms with van der Waals surface area (Å²) in [6.07, 6.45) is 3.92. The van der Waals surface area contributed by atoms with Gasteiger partial charge in [-0.2, -0.15) is 0 Å². The van der Waals surface area contributed by atoms with Gasteiger partial charge in [0.1, 0.15) is 5.75 Å². The van der Waals surface area contributed by atoms with Crippen LogP contribution in [0.1, 0.15) is 24.0 Å². The molecule has 0 unspecified atom stereocenters. The number of methoxy groups -OCH3 is 1. The third-order valence-corrected chi connectivity index (χ3v) is 5.79. The van der Waals surface area contributed by atoms with E-state index in [1.165, 1.54) is 0 Å². The number of para-hydroxylation sites is 1. The minimum absolute atomic E-state index is 0.00964. The second kappa shape index (κ2) is 9.03. The van der Waals surface area contributed by atoms with E-state index in [0.29, 0.717) is 26.1 Å². The first kappa shape index (κ1) is 20.0.